The molecule has 0 aromatic heterocycles. The number of esters is 1. The summed E-state index contributed by atoms with van der Waals surface area (Å²) in [6, 6.07) is 2.70. The maximum Gasteiger partial charge on any atom is 0.534 e. The van der Waals surface area contributed by atoms with Gasteiger partial charge >= 0.3 is 21.6 Å². The molecule has 0 spiro atoms. The largest absolute Gasteiger partial charge is 0.534 e. The maximum absolute atomic E-state index is 12.3. The summed E-state index contributed by atoms with van der Waals surface area (Å²) in [5.74, 6) is -2.34. The lowest BCUT2D eigenvalue weighted by Crippen LogP contribution is -2.28. The van der Waals surface area contributed by atoms with Crippen LogP contribution in [0.4, 0.5) is 18.9 Å². The zero-order chi connectivity index (χ0) is 17.1. The van der Waals surface area contributed by atoms with E-state index in [-0.39, 0.29) is 5.56 Å². The molecule has 0 aliphatic heterocycles. The summed E-state index contributed by atoms with van der Waals surface area (Å²) in [7, 11) is -4.85. The van der Waals surface area contributed by atoms with Crippen LogP contribution in [0.15, 0.2) is 18.2 Å². The van der Waals surface area contributed by atoms with Crippen LogP contribution in [-0.2, 0) is 19.6 Å². The minimum atomic E-state index is -5.92. The lowest BCUT2D eigenvalue weighted by Gasteiger charge is -2.14. The Hall–Kier alpha value is -2.30. The Labute approximate surface area is 123 Å². The summed E-state index contributed by atoms with van der Waals surface area (Å²) >= 11 is 0. The molecule has 0 saturated carbocycles. The molecule has 11 heteroatoms. The Balaban J connectivity index is 3.30. The van der Waals surface area contributed by atoms with Crippen molar-refractivity contribution in [1.29, 1.82) is 0 Å². The lowest BCUT2D eigenvalue weighted by molar-refractivity contribution is -0.114. The molecule has 0 saturated heterocycles. The fourth-order valence-corrected chi connectivity index (χ4v) is 1.78. The number of carbonyl (C=O) groups excluding carboxylic acids is 2. The van der Waals surface area contributed by atoms with Gasteiger partial charge < -0.3 is 14.2 Å². The number of carbonyl (C=O) groups is 2. The third-order valence-corrected chi connectivity index (χ3v) is 3.16. The zero-order valence-electron chi connectivity index (χ0n) is 11.2. The van der Waals surface area contributed by atoms with Gasteiger partial charge in [0.25, 0.3) is 0 Å². The Kier molecular flexibility index (Phi) is 5.02. The Bertz CT molecular complexity index is 698. The van der Waals surface area contributed by atoms with Gasteiger partial charge in [0, 0.05) is 6.92 Å². The van der Waals surface area contributed by atoms with Crippen LogP contribution in [0.5, 0.6) is 5.75 Å². The molecule has 122 valence electrons. The van der Waals surface area contributed by atoms with Crippen molar-refractivity contribution in [2.45, 2.75) is 12.4 Å². The fraction of sp³-hybridized carbons (Fsp3) is 0.273. The second kappa shape index (κ2) is 6.22. The van der Waals surface area contributed by atoms with Gasteiger partial charge in [-0.2, -0.15) is 21.6 Å². The molecule has 0 aliphatic rings. The highest BCUT2D eigenvalue weighted by Crippen LogP contribution is 2.32. The molecule has 0 fully saturated rings. The van der Waals surface area contributed by atoms with E-state index in [9.17, 15) is 31.2 Å². The second-order valence-electron chi connectivity index (χ2n) is 3.87. The number of anilines is 1. The molecule has 0 heterocycles. The summed E-state index contributed by atoms with van der Waals surface area (Å²) in [6.45, 7) is 1.03. The highest BCUT2D eigenvalue weighted by molar-refractivity contribution is 7.88. The van der Waals surface area contributed by atoms with E-state index in [1.807, 2.05) is 0 Å². The van der Waals surface area contributed by atoms with Gasteiger partial charge in [-0.1, -0.05) is 0 Å². The number of methoxy groups -OCH3 is 1. The van der Waals surface area contributed by atoms with Crippen LogP contribution < -0.4 is 9.50 Å². The van der Waals surface area contributed by atoms with Crippen molar-refractivity contribution in [3.8, 4) is 5.75 Å². The fourth-order valence-electron chi connectivity index (χ4n) is 1.30. The molecule has 0 atom stereocenters. The molecule has 1 aromatic carbocycles. The Morgan fingerprint density at radius 2 is 1.82 bits per heavy atom. The Morgan fingerprint density at radius 3 is 2.27 bits per heavy atom. The average Bonchev–Trinajstić information content (AvgIpc) is 2.37. The van der Waals surface area contributed by atoms with E-state index in [0.717, 1.165) is 32.2 Å². The van der Waals surface area contributed by atoms with E-state index in [2.05, 4.69) is 14.2 Å². The number of nitrogens with one attached hydrogen (secondary N) is 1. The van der Waals surface area contributed by atoms with Crippen LogP contribution in [0.3, 0.4) is 0 Å². The van der Waals surface area contributed by atoms with Gasteiger partial charge in [0.05, 0.1) is 18.4 Å². The quantitative estimate of drug-likeness (QED) is 0.508. The topological polar surface area (TPSA) is 98.8 Å². The van der Waals surface area contributed by atoms with E-state index in [1.165, 1.54) is 0 Å². The number of rotatable bonds is 4. The van der Waals surface area contributed by atoms with Crippen molar-refractivity contribution in [2.75, 3.05) is 12.4 Å². The molecule has 0 radical (unpaired) electrons. The molecule has 1 aromatic rings. The molecule has 0 unspecified atom stereocenters. The highest BCUT2D eigenvalue weighted by atomic mass is 32.2. The predicted molar refractivity (Wildman–Crippen MR) is 67.7 cm³/mol. The number of halogens is 3. The van der Waals surface area contributed by atoms with Crippen molar-refractivity contribution in [2.24, 2.45) is 0 Å². The summed E-state index contributed by atoms with van der Waals surface area (Å²) in [6.07, 6.45) is 0. The number of hydrogen-bond acceptors (Lipinski definition) is 6. The summed E-state index contributed by atoms with van der Waals surface area (Å²) in [5.41, 5.74) is -6.19. The van der Waals surface area contributed by atoms with Crippen LogP contribution >= 0.6 is 0 Å². The molecule has 0 aliphatic carbocycles. The first-order valence-corrected chi connectivity index (χ1v) is 6.89. The first-order chi connectivity index (χ1) is 9.98. The van der Waals surface area contributed by atoms with Gasteiger partial charge in [-0.15, -0.1) is 0 Å². The number of alkyl halides is 3. The van der Waals surface area contributed by atoms with Crippen molar-refractivity contribution in [1.82, 2.24) is 0 Å². The lowest BCUT2D eigenvalue weighted by atomic mass is 10.2. The number of hydrogen-bond donors (Lipinski definition) is 1. The van der Waals surface area contributed by atoms with Crippen LogP contribution in [-0.4, -0.2) is 32.9 Å². The SMILES string of the molecule is COC(=O)c1ccc(OS(=O)(=O)C(F)(F)F)c(NC(C)=O)c1. The van der Waals surface area contributed by atoms with Gasteiger partial charge in [-0.25, -0.2) is 4.79 Å². The van der Waals surface area contributed by atoms with Crippen molar-refractivity contribution in [3.05, 3.63) is 23.8 Å². The van der Waals surface area contributed by atoms with E-state index in [1.54, 1.807) is 0 Å². The molecular formula is C11H10F3NO6S. The van der Waals surface area contributed by atoms with Crippen molar-refractivity contribution in [3.63, 3.8) is 0 Å². The van der Waals surface area contributed by atoms with Crippen LogP contribution in [0.2, 0.25) is 0 Å². The van der Waals surface area contributed by atoms with Crippen LogP contribution in [0.1, 0.15) is 17.3 Å². The van der Waals surface area contributed by atoms with Gasteiger partial charge in [0.15, 0.2) is 5.75 Å². The van der Waals surface area contributed by atoms with E-state index in [0.29, 0.717) is 0 Å². The molecule has 1 amide bonds. The summed E-state index contributed by atoms with van der Waals surface area (Å²) in [4.78, 5) is 22.4. The van der Waals surface area contributed by atoms with Gasteiger partial charge in [-0.3, -0.25) is 4.79 Å². The standard InChI is InChI=1S/C11H10F3NO6S/c1-6(16)15-8-5-7(10(17)20-2)3-4-9(8)21-22(18,19)11(12,13)14/h3-5H,1-2H3,(H,15,16). The number of ether oxygens (including phenoxy) is 1. The summed E-state index contributed by atoms with van der Waals surface area (Å²) < 4.78 is 67.2. The second-order valence-corrected chi connectivity index (χ2v) is 5.40. The van der Waals surface area contributed by atoms with Crippen molar-refractivity contribution >= 4 is 27.7 Å². The van der Waals surface area contributed by atoms with E-state index < -0.39 is 38.9 Å². The van der Waals surface area contributed by atoms with E-state index >= 15 is 0 Å². The summed E-state index contributed by atoms with van der Waals surface area (Å²) in [5, 5.41) is 2.06. The zero-order valence-corrected chi connectivity index (χ0v) is 12.0. The monoisotopic (exact) mass is 341 g/mol. The average molecular weight is 341 g/mol. The predicted octanol–water partition coefficient (Wildman–Crippen LogP) is 1.66. The molecule has 7 nitrogen and oxygen atoms in total. The van der Waals surface area contributed by atoms with Gasteiger partial charge in [-0.05, 0) is 18.2 Å². The van der Waals surface area contributed by atoms with Crippen molar-refractivity contribution < 1.29 is 40.1 Å². The first-order valence-electron chi connectivity index (χ1n) is 5.48. The van der Waals surface area contributed by atoms with Crippen LogP contribution in [0.25, 0.3) is 0 Å². The number of amides is 1. The van der Waals surface area contributed by atoms with E-state index in [4.69, 9.17) is 0 Å². The molecule has 0 bridgehead atoms. The van der Waals surface area contributed by atoms with Gasteiger partial charge in [0.1, 0.15) is 0 Å². The highest BCUT2D eigenvalue weighted by Gasteiger charge is 2.48. The molecular weight excluding hydrogens is 331 g/mol. The smallest absolute Gasteiger partial charge is 0.465 e. The molecule has 1 N–H and O–H groups in total. The molecule has 22 heavy (non-hydrogen) atoms. The maximum atomic E-state index is 12.3. The van der Waals surface area contributed by atoms with Gasteiger partial charge in [0.2, 0.25) is 5.91 Å². The number of benzene rings is 1. The molecule has 1 rings (SSSR count). The minimum Gasteiger partial charge on any atom is -0.465 e. The first kappa shape index (κ1) is 17.8. The normalized spacial score (nSPS) is 11.7. The third-order valence-electron chi connectivity index (χ3n) is 2.19. The minimum absolute atomic E-state index is 0.122. The Morgan fingerprint density at radius 1 is 1.23 bits per heavy atom. The third kappa shape index (κ3) is 4.10. The van der Waals surface area contributed by atoms with Crippen LogP contribution in [0, 0.1) is 0 Å².